The van der Waals surface area contributed by atoms with Crippen molar-refractivity contribution in [3.05, 3.63) is 10.1 Å². The minimum absolute atomic E-state index is 0.352. The zero-order chi connectivity index (χ0) is 8.91. The number of nitrogens with one attached hydrogen (secondary N) is 2. The lowest BCUT2D eigenvalue weighted by Gasteiger charge is -2.20. The summed E-state index contributed by atoms with van der Waals surface area (Å²) in [6, 6.07) is 0. The van der Waals surface area contributed by atoms with E-state index in [1.807, 2.05) is 0 Å². The van der Waals surface area contributed by atoms with E-state index in [1.54, 1.807) is 0 Å². The van der Waals surface area contributed by atoms with E-state index in [0.29, 0.717) is 12.4 Å². The van der Waals surface area contributed by atoms with Gasteiger partial charge in [0.25, 0.3) is 0 Å². The second-order valence-corrected chi connectivity index (χ2v) is 2.57. The maximum Gasteiger partial charge on any atom is 0.329 e. The van der Waals surface area contributed by atoms with Gasteiger partial charge in [0.15, 0.2) is 0 Å². The van der Waals surface area contributed by atoms with Crippen molar-refractivity contribution in [1.29, 1.82) is 0 Å². The van der Waals surface area contributed by atoms with Crippen molar-refractivity contribution in [1.82, 2.24) is 10.6 Å². The lowest BCUT2D eigenvalue weighted by atomic mass is 10.4. The van der Waals surface area contributed by atoms with Gasteiger partial charge in [-0.1, -0.05) is 0 Å². The van der Waals surface area contributed by atoms with Gasteiger partial charge in [0.1, 0.15) is 0 Å². The summed E-state index contributed by atoms with van der Waals surface area (Å²) in [6.07, 6.45) is 0. The normalized spacial score (nSPS) is 15.9. The van der Waals surface area contributed by atoms with E-state index in [4.69, 9.17) is 11.6 Å². The molecule has 0 heterocycles. The van der Waals surface area contributed by atoms with Crippen LogP contribution in [0.15, 0.2) is 0 Å². The molecule has 0 aromatic carbocycles. The second-order valence-electron chi connectivity index (χ2n) is 2.20. The Morgan fingerprint density at radius 2 is 2.27 bits per heavy atom. The third-order valence-corrected chi connectivity index (χ3v) is 1.60. The molecule has 0 aliphatic carbocycles. The van der Waals surface area contributed by atoms with Crippen LogP contribution in [-0.2, 0) is 0 Å². The summed E-state index contributed by atoms with van der Waals surface area (Å²) < 4.78 is 0. The van der Waals surface area contributed by atoms with Crippen molar-refractivity contribution in [2.24, 2.45) is 0 Å². The SMILES string of the molecule is CNC(C)(NCCCl)[N+](=O)[O-]. The molecule has 0 saturated carbocycles. The van der Waals surface area contributed by atoms with Crippen LogP contribution in [0, 0.1) is 10.1 Å². The Kier molecular flexibility index (Phi) is 4.32. The van der Waals surface area contributed by atoms with E-state index < -0.39 is 10.7 Å². The fraction of sp³-hybridized carbons (Fsp3) is 1.00. The van der Waals surface area contributed by atoms with Crippen molar-refractivity contribution in [3.8, 4) is 0 Å². The fourth-order valence-corrected chi connectivity index (χ4v) is 0.629. The van der Waals surface area contributed by atoms with Gasteiger partial charge in [-0.15, -0.1) is 11.6 Å². The third-order valence-electron chi connectivity index (χ3n) is 1.42. The number of hydrogen-bond donors (Lipinski definition) is 2. The van der Waals surface area contributed by atoms with E-state index in [2.05, 4.69) is 10.6 Å². The van der Waals surface area contributed by atoms with E-state index in [9.17, 15) is 10.1 Å². The predicted molar refractivity (Wildman–Crippen MR) is 43.2 cm³/mol. The van der Waals surface area contributed by atoms with Gasteiger partial charge in [0.2, 0.25) is 0 Å². The quantitative estimate of drug-likeness (QED) is 0.271. The molecule has 0 fully saturated rings. The molecule has 0 aromatic rings. The summed E-state index contributed by atoms with van der Waals surface area (Å²) >= 11 is 5.36. The standard InChI is InChI=1S/C5H12ClN3O2/c1-5(7-2,9(10)11)8-4-3-6/h7-8H,3-4H2,1-2H3. The highest BCUT2D eigenvalue weighted by molar-refractivity contribution is 6.18. The first-order chi connectivity index (χ1) is 5.06. The van der Waals surface area contributed by atoms with Gasteiger partial charge in [0, 0.05) is 19.3 Å². The van der Waals surface area contributed by atoms with Gasteiger partial charge in [0.05, 0.1) is 4.92 Å². The topological polar surface area (TPSA) is 67.2 Å². The van der Waals surface area contributed by atoms with E-state index >= 15 is 0 Å². The molecule has 0 spiro atoms. The van der Waals surface area contributed by atoms with Gasteiger partial charge >= 0.3 is 5.79 Å². The van der Waals surface area contributed by atoms with Crippen LogP contribution in [-0.4, -0.2) is 30.2 Å². The number of hydrogen-bond acceptors (Lipinski definition) is 4. The molecule has 0 bridgehead atoms. The van der Waals surface area contributed by atoms with Gasteiger partial charge in [-0.05, 0) is 7.05 Å². The molecule has 0 rings (SSSR count). The van der Waals surface area contributed by atoms with E-state index in [-0.39, 0.29) is 0 Å². The van der Waals surface area contributed by atoms with Crippen LogP contribution in [0.5, 0.6) is 0 Å². The maximum atomic E-state index is 10.4. The van der Waals surface area contributed by atoms with Crippen LogP contribution in [0.1, 0.15) is 6.92 Å². The number of alkyl halides is 1. The summed E-state index contributed by atoms with van der Waals surface area (Å²) in [5.41, 5.74) is 0. The molecule has 0 amide bonds. The average Bonchev–Trinajstić information content (AvgIpc) is 2.00. The van der Waals surface area contributed by atoms with Gasteiger partial charge < -0.3 is 0 Å². The smallest absolute Gasteiger partial charge is 0.261 e. The highest BCUT2D eigenvalue weighted by atomic mass is 35.5. The summed E-state index contributed by atoms with van der Waals surface area (Å²) in [6.45, 7) is 1.85. The monoisotopic (exact) mass is 181 g/mol. The van der Waals surface area contributed by atoms with Crippen LogP contribution < -0.4 is 10.6 Å². The Labute approximate surface area is 70.3 Å². The first kappa shape index (κ1) is 10.6. The van der Waals surface area contributed by atoms with Crippen molar-refractivity contribution in [3.63, 3.8) is 0 Å². The van der Waals surface area contributed by atoms with Crippen LogP contribution in [0.3, 0.4) is 0 Å². The Bertz CT molecular complexity index is 144. The molecule has 1 atom stereocenters. The van der Waals surface area contributed by atoms with Crippen molar-refractivity contribution in [2.45, 2.75) is 12.7 Å². The summed E-state index contributed by atoms with van der Waals surface area (Å²) in [5.74, 6) is -0.917. The molecule has 66 valence electrons. The molecule has 0 aromatic heterocycles. The molecule has 0 aliphatic rings. The first-order valence-electron chi connectivity index (χ1n) is 3.21. The largest absolute Gasteiger partial charge is 0.329 e. The summed E-state index contributed by atoms with van der Waals surface area (Å²) in [4.78, 5) is 9.96. The summed E-state index contributed by atoms with van der Waals surface area (Å²) in [7, 11) is 1.52. The lowest BCUT2D eigenvalue weighted by molar-refractivity contribution is -0.580. The lowest BCUT2D eigenvalue weighted by Crippen LogP contribution is -2.59. The zero-order valence-corrected chi connectivity index (χ0v) is 7.31. The molecular weight excluding hydrogens is 170 g/mol. The minimum atomic E-state index is -1.27. The fourth-order valence-electron chi connectivity index (χ4n) is 0.535. The van der Waals surface area contributed by atoms with Gasteiger partial charge in [-0.2, -0.15) is 0 Å². The number of rotatable bonds is 5. The van der Waals surface area contributed by atoms with Crippen LogP contribution in [0.25, 0.3) is 0 Å². The molecule has 0 radical (unpaired) electrons. The number of nitro groups is 1. The predicted octanol–water partition coefficient (Wildman–Crippen LogP) is -0.0154. The molecule has 0 saturated heterocycles. The molecule has 2 N–H and O–H groups in total. The molecule has 0 aliphatic heterocycles. The first-order valence-corrected chi connectivity index (χ1v) is 3.74. The number of halogens is 1. The van der Waals surface area contributed by atoms with E-state index in [0.717, 1.165) is 0 Å². The van der Waals surface area contributed by atoms with Gasteiger partial charge in [-0.3, -0.25) is 10.1 Å². The van der Waals surface area contributed by atoms with Crippen LogP contribution >= 0.6 is 11.6 Å². The van der Waals surface area contributed by atoms with Crippen molar-refractivity contribution in [2.75, 3.05) is 19.5 Å². The highest BCUT2D eigenvalue weighted by Gasteiger charge is 2.33. The Morgan fingerprint density at radius 1 is 1.73 bits per heavy atom. The van der Waals surface area contributed by atoms with Crippen molar-refractivity contribution >= 4 is 11.6 Å². The minimum Gasteiger partial charge on any atom is -0.261 e. The highest BCUT2D eigenvalue weighted by Crippen LogP contribution is 1.97. The molecule has 11 heavy (non-hydrogen) atoms. The number of nitrogens with zero attached hydrogens (tertiary/aromatic N) is 1. The average molecular weight is 182 g/mol. The zero-order valence-electron chi connectivity index (χ0n) is 6.56. The third kappa shape index (κ3) is 3.00. The molecule has 5 nitrogen and oxygen atoms in total. The Balaban J connectivity index is 3.99. The molecule has 1 unspecified atom stereocenters. The van der Waals surface area contributed by atoms with Gasteiger partial charge in [-0.25, -0.2) is 10.6 Å². The summed E-state index contributed by atoms with van der Waals surface area (Å²) in [5, 5.41) is 15.6. The Hall–Kier alpha value is -0.390. The van der Waals surface area contributed by atoms with Crippen LogP contribution in [0.4, 0.5) is 0 Å². The Morgan fingerprint density at radius 3 is 2.55 bits per heavy atom. The van der Waals surface area contributed by atoms with Crippen molar-refractivity contribution < 1.29 is 4.92 Å². The second kappa shape index (κ2) is 4.48. The molecule has 6 heteroatoms. The molecular formula is C5H12ClN3O2. The van der Waals surface area contributed by atoms with Crippen LogP contribution in [0.2, 0.25) is 0 Å². The van der Waals surface area contributed by atoms with E-state index in [1.165, 1.54) is 14.0 Å². The maximum absolute atomic E-state index is 10.4.